The Balaban J connectivity index is 1.77. The molecule has 0 spiro atoms. The molecule has 2 heterocycles. The second-order valence-electron chi connectivity index (χ2n) is 6.70. The Morgan fingerprint density at radius 2 is 1.93 bits per heavy atom. The molecule has 3 aromatic rings. The van der Waals surface area contributed by atoms with Crippen molar-refractivity contribution in [1.82, 2.24) is 20.3 Å². The van der Waals surface area contributed by atoms with E-state index in [0.717, 1.165) is 47.7 Å². The Kier molecular flexibility index (Phi) is 7.57. The van der Waals surface area contributed by atoms with Crippen LogP contribution < -0.4 is 16.0 Å². The highest BCUT2D eigenvalue weighted by Gasteiger charge is 2.12. The highest BCUT2D eigenvalue weighted by atomic mass is 35.5. The maximum atomic E-state index is 11.0. The minimum Gasteiger partial charge on any atom is -0.370 e. The largest absolute Gasteiger partial charge is 0.370 e. The van der Waals surface area contributed by atoms with Gasteiger partial charge >= 0.3 is 0 Å². The van der Waals surface area contributed by atoms with E-state index < -0.39 is 0 Å². The maximum Gasteiger partial charge on any atom is 0.227 e. The third kappa shape index (κ3) is 5.90. The molecular formula is C22H25ClN6O. The molecule has 1 aromatic carbocycles. The van der Waals surface area contributed by atoms with Crippen molar-refractivity contribution in [3.05, 3.63) is 59.4 Å². The summed E-state index contributed by atoms with van der Waals surface area (Å²) in [4.78, 5) is 24.5. The van der Waals surface area contributed by atoms with Crippen LogP contribution in [-0.2, 0) is 11.2 Å². The molecule has 7 nitrogen and oxygen atoms in total. The van der Waals surface area contributed by atoms with Crippen LogP contribution in [-0.4, -0.2) is 33.9 Å². The summed E-state index contributed by atoms with van der Waals surface area (Å²) in [6, 6.07) is 11.3. The van der Waals surface area contributed by atoms with Gasteiger partial charge in [-0.3, -0.25) is 4.79 Å². The number of rotatable bonds is 9. The van der Waals surface area contributed by atoms with Gasteiger partial charge in [-0.2, -0.15) is 0 Å². The third-order valence-corrected chi connectivity index (χ3v) is 4.68. The van der Waals surface area contributed by atoms with Crippen molar-refractivity contribution in [3.8, 4) is 11.3 Å². The van der Waals surface area contributed by atoms with E-state index in [9.17, 15) is 4.79 Å². The Morgan fingerprint density at radius 3 is 2.70 bits per heavy atom. The number of aromatic nitrogens is 3. The van der Waals surface area contributed by atoms with Crippen molar-refractivity contribution in [3.63, 3.8) is 0 Å². The molecule has 1 amide bonds. The quantitative estimate of drug-likeness (QED) is 0.440. The molecule has 3 N–H and O–H groups in total. The number of pyridine rings is 1. The van der Waals surface area contributed by atoms with Crippen molar-refractivity contribution in [2.45, 2.75) is 26.7 Å². The van der Waals surface area contributed by atoms with Gasteiger partial charge in [0.2, 0.25) is 11.9 Å². The van der Waals surface area contributed by atoms with E-state index in [1.807, 2.05) is 36.4 Å². The highest BCUT2D eigenvalue weighted by molar-refractivity contribution is 6.30. The van der Waals surface area contributed by atoms with E-state index in [1.165, 1.54) is 6.92 Å². The molecule has 3 rings (SSSR count). The molecule has 0 bridgehead atoms. The Morgan fingerprint density at radius 1 is 1.10 bits per heavy atom. The van der Waals surface area contributed by atoms with Crippen molar-refractivity contribution < 1.29 is 4.79 Å². The third-order valence-electron chi connectivity index (χ3n) is 4.44. The molecule has 0 atom stereocenters. The van der Waals surface area contributed by atoms with Gasteiger partial charge in [-0.05, 0) is 43.2 Å². The fourth-order valence-electron chi connectivity index (χ4n) is 3.07. The molecule has 0 radical (unpaired) electrons. The molecule has 0 aliphatic rings. The van der Waals surface area contributed by atoms with Crippen LogP contribution in [0.15, 0.2) is 48.8 Å². The molecule has 0 saturated carbocycles. The fraction of sp³-hybridized carbons (Fsp3) is 0.273. The summed E-state index contributed by atoms with van der Waals surface area (Å²) in [5.74, 6) is 1.31. The minimum absolute atomic E-state index is 0.0182. The smallest absolute Gasteiger partial charge is 0.227 e. The van der Waals surface area contributed by atoms with E-state index in [4.69, 9.17) is 11.6 Å². The summed E-state index contributed by atoms with van der Waals surface area (Å²) >= 11 is 6.06. The number of amides is 1. The van der Waals surface area contributed by atoms with Crippen LogP contribution in [0.25, 0.3) is 11.3 Å². The average molecular weight is 425 g/mol. The topological polar surface area (TPSA) is 91.8 Å². The highest BCUT2D eigenvalue weighted by Crippen LogP contribution is 2.28. The monoisotopic (exact) mass is 424 g/mol. The number of carbonyl (C=O) groups excluding carboxylic acids is 1. The van der Waals surface area contributed by atoms with Gasteiger partial charge in [-0.15, -0.1) is 0 Å². The van der Waals surface area contributed by atoms with Crippen LogP contribution >= 0.6 is 11.6 Å². The van der Waals surface area contributed by atoms with Crippen LogP contribution in [0.3, 0.4) is 0 Å². The van der Waals surface area contributed by atoms with Crippen molar-refractivity contribution in [1.29, 1.82) is 0 Å². The molecule has 0 aliphatic heterocycles. The molecular weight excluding hydrogens is 400 g/mol. The molecule has 0 saturated heterocycles. The van der Waals surface area contributed by atoms with Gasteiger partial charge in [0.25, 0.3) is 0 Å². The summed E-state index contributed by atoms with van der Waals surface area (Å²) in [6.45, 7) is 4.96. The van der Waals surface area contributed by atoms with Gasteiger partial charge < -0.3 is 16.0 Å². The number of nitrogens with one attached hydrogen (secondary N) is 3. The number of hydrogen-bond acceptors (Lipinski definition) is 6. The summed E-state index contributed by atoms with van der Waals surface area (Å²) in [7, 11) is 0. The molecule has 2 aromatic heterocycles. The number of benzene rings is 1. The normalized spacial score (nSPS) is 10.5. The first-order chi connectivity index (χ1) is 14.6. The first-order valence-corrected chi connectivity index (χ1v) is 10.3. The maximum absolute atomic E-state index is 11.0. The average Bonchev–Trinajstić information content (AvgIpc) is 2.73. The van der Waals surface area contributed by atoms with Gasteiger partial charge in [0.1, 0.15) is 5.82 Å². The minimum atomic E-state index is -0.0182. The van der Waals surface area contributed by atoms with Crippen LogP contribution in [0.1, 0.15) is 25.8 Å². The Labute approximate surface area is 181 Å². The van der Waals surface area contributed by atoms with E-state index in [1.54, 1.807) is 12.4 Å². The number of nitrogens with zero attached hydrogens (tertiary/aromatic N) is 3. The lowest BCUT2D eigenvalue weighted by Crippen LogP contribution is -2.23. The van der Waals surface area contributed by atoms with E-state index in [-0.39, 0.29) is 5.91 Å². The zero-order valence-electron chi connectivity index (χ0n) is 17.1. The lowest BCUT2D eigenvalue weighted by atomic mass is 10.0. The number of anilines is 3. The molecule has 156 valence electrons. The number of carbonyl (C=O) groups is 1. The molecule has 8 heteroatoms. The lowest BCUT2D eigenvalue weighted by molar-refractivity contribution is -0.118. The summed E-state index contributed by atoms with van der Waals surface area (Å²) in [5.41, 5.74) is 3.74. The second kappa shape index (κ2) is 10.5. The molecule has 0 fully saturated rings. The van der Waals surface area contributed by atoms with Crippen LogP contribution in [0.4, 0.5) is 17.5 Å². The zero-order chi connectivity index (χ0) is 21.3. The van der Waals surface area contributed by atoms with Crippen LogP contribution in [0, 0.1) is 0 Å². The predicted octanol–water partition coefficient (Wildman–Crippen LogP) is 4.44. The van der Waals surface area contributed by atoms with E-state index in [0.29, 0.717) is 17.5 Å². The lowest BCUT2D eigenvalue weighted by Gasteiger charge is -2.14. The first kappa shape index (κ1) is 21.5. The van der Waals surface area contributed by atoms with Crippen molar-refractivity contribution in [2.24, 2.45) is 0 Å². The fourth-order valence-corrected chi connectivity index (χ4v) is 3.26. The zero-order valence-corrected chi connectivity index (χ0v) is 17.8. The standard InChI is InChI=1S/C22H25ClN6O/c1-3-18-19(8-12-26-21(18)25-11-5-10-24-15(2)30)20-9-13-27-22(29-20)28-17-7-4-6-16(23)14-17/h4,6-9,12-14H,3,5,10-11H2,1-2H3,(H,24,30)(H,25,26)(H,27,28,29). The van der Waals surface area contributed by atoms with Gasteiger partial charge in [0.15, 0.2) is 0 Å². The molecule has 0 aliphatic carbocycles. The van der Waals surface area contributed by atoms with Gasteiger partial charge in [-0.1, -0.05) is 24.6 Å². The Hall–Kier alpha value is -3.19. The SMILES string of the molecule is CCc1c(-c2ccnc(Nc3cccc(Cl)c3)n2)ccnc1NCCCNC(C)=O. The number of hydrogen-bond donors (Lipinski definition) is 3. The predicted molar refractivity (Wildman–Crippen MR) is 121 cm³/mol. The van der Waals surface area contributed by atoms with E-state index in [2.05, 4.69) is 37.8 Å². The summed E-state index contributed by atoms with van der Waals surface area (Å²) < 4.78 is 0. The Bertz CT molecular complexity index is 1010. The second-order valence-corrected chi connectivity index (χ2v) is 7.14. The van der Waals surface area contributed by atoms with Crippen molar-refractivity contribution in [2.75, 3.05) is 23.7 Å². The first-order valence-electron chi connectivity index (χ1n) is 9.89. The van der Waals surface area contributed by atoms with Crippen LogP contribution in [0.5, 0.6) is 0 Å². The summed E-state index contributed by atoms with van der Waals surface area (Å²) in [5, 5.41) is 10.0. The number of halogens is 1. The van der Waals surface area contributed by atoms with Gasteiger partial charge in [0.05, 0.1) is 5.69 Å². The van der Waals surface area contributed by atoms with Gasteiger partial charge in [0, 0.05) is 54.2 Å². The molecule has 0 unspecified atom stereocenters. The van der Waals surface area contributed by atoms with E-state index >= 15 is 0 Å². The van der Waals surface area contributed by atoms with Crippen molar-refractivity contribution >= 4 is 35.0 Å². The molecule has 30 heavy (non-hydrogen) atoms. The summed E-state index contributed by atoms with van der Waals surface area (Å²) in [6.07, 6.45) is 5.13. The van der Waals surface area contributed by atoms with Crippen LogP contribution in [0.2, 0.25) is 5.02 Å². The van der Waals surface area contributed by atoms with Gasteiger partial charge in [-0.25, -0.2) is 15.0 Å².